The highest BCUT2D eigenvalue weighted by molar-refractivity contribution is 4.89. The molecular weight excluding hydrogens is 258 g/mol. The van der Waals surface area contributed by atoms with E-state index in [-0.39, 0.29) is 5.41 Å². The zero-order chi connectivity index (χ0) is 17.1. The predicted molar refractivity (Wildman–Crippen MR) is 95.4 cm³/mol. The molecule has 0 N–H and O–H groups in total. The van der Waals surface area contributed by atoms with Gasteiger partial charge < -0.3 is 4.74 Å². The van der Waals surface area contributed by atoms with Crippen molar-refractivity contribution < 1.29 is 4.74 Å². The van der Waals surface area contributed by atoms with Crippen LogP contribution in [0.1, 0.15) is 93.9 Å². The van der Waals surface area contributed by atoms with Crippen LogP contribution in [-0.2, 0) is 4.74 Å². The summed E-state index contributed by atoms with van der Waals surface area (Å²) in [5.74, 6) is 0.963. The Balaban J connectivity index is -0.000000237. The van der Waals surface area contributed by atoms with E-state index in [0.717, 1.165) is 19.1 Å². The van der Waals surface area contributed by atoms with Crippen LogP contribution in [0.25, 0.3) is 0 Å². The van der Waals surface area contributed by atoms with Crippen LogP contribution in [0.5, 0.6) is 0 Å². The molecule has 2 nitrogen and oxygen atoms in total. The predicted octanol–water partition coefficient (Wildman–Crippen LogP) is 6.60. The molecule has 0 atom stereocenters. The molecule has 1 saturated heterocycles. The molecule has 2 heteroatoms. The minimum atomic E-state index is 0.189. The van der Waals surface area contributed by atoms with Gasteiger partial charge in [0.15, 0.2) is 0 Å². The molecular formula is C19H41NO. The summed E-state index contributed by atoms with van der Waals surface area (Å²) in [4.78, 5) is 0. The molecule has 21 heavy (non-hydrogen) atoms. The summed E-state index contributed by atoms with van der Waals surface area (Å²) in [5, 5.41) is 8.26. The molecule has 1 rings (SSSR count). The molecule has 1 aliphatic heterocycles. The topological polar surface area (TPSA) is 33.0 Å². The van der Waals surface area contributed by atoms with Crippen LogP contribution in [-0.4, -0.2) is 13.2 Å². The third-order valence-electron chi connectivity index (χ3n) is 2.97. The van der Waals surface area contributed by atoms with Gasteiger partial charge >= 0.3 is 0 Å². The Morgan fingerprint density at radius 2 is 1.43 bits per heavy atom. The number of rotatable bonds is 5. The third kappa shape index (κ3) is 19.4. The summed E-state index contributed by atoms with van der Waals surface area (Å²) in [6.45, 7) is 18.7. The number of hydrogen-bond acceptors (Lipinski definition) is 2. The Morgan fingerprint density at radius 1 is 1.05 bits per heavy atom. The minimum Gasteiger partial charge on any atom is -0.380 e. The average molecular weight is 300 g/mol. The van der Waals surface area contributed by atoms with E-state index in [1.54, 1.807) is 0 Å². The quantitative estimate of drug-likeness (QED) is 0.572. The summed E-state index contributed by atoms with van der Waals surface area (Å²) < 4.78 is 4.94. The average Bonchev–Trinajstić information content (AvgIpc) is 2.42. The molecule has 0 bridgehead atoms. The number of ether oxygens (including phenoxy) is 1. The maximum absolute atomic E-state index is 8.26. The Kier molecular flexibility index (Phi) is 23.5. The molecule has 1 aliphatic rings. The fourth-order valence-electron chi connectivity index (χ4n) is 1.87. The summed E-state index contributed by atoms with van der Waals surface area (Å²) >= 11 is 0. The summed E-state index contributed by atoms with van der Waals surface area (Å²) in [6, 6.07) is 2.13. The summed E-state index contributed by atoms with van der Waals surface area (Å²) in [7, 11) is 0. The van der Waals surface area contributed by atoms with E-state index in [1.165, 1.54) is 32.1 Å². The molecule has 0 amide bonds. The van der Waals surface area contributed by atoms with Gasteiger partial charge in [0, 0.05) is 11.8 Å². The normalized spacial score (nSPS) is 14.1. The van der Waals surface area contributed by atoms with Crippen LogP contribution in [0.15, 0.2) is 0 Å². The van der Waals surface area contributed by atoms with Crippen LogP contribution >= 0.6 is 0 Å². The van der Waals surface area contributed by atoms with Crippen LogP contribution in [0, 0.1) is 22.7 Å². The Hall–Kier alpha value is -0.550. The number of nitriles is 1. The summed E-state index contributed by atoms with van der Waals surface area (Å²) in [5.41, 5.74) is 0.189. The maximum atomic E-state index is 8.26. The highest BCUT2D eigenvalue weighted by Gasteiger charge is 2.32. The van der Waals surface area contributed by atoms with Crippen molar-refractivity contribution >= 4 is 0 Å². The van der Waals surface area contributed by atoms with Crippen molar-refractivity contribution in [2.24, 2.45) is 11.3 Å². The fourth-order valence-corrected chi connectivity index (χ4v) is 1.87. The van der Waals surface area contributed by atoms with Crippen molar-refractivity contribution in [1.82, 2.24) is 0 Å². The van der Waals surface area contributed by atoms with E-state index in [1.807, 2.05) is 13.8 Å². The van der Waals surface area contributed by atoms with Gasteiger partial charge in [-0.3, -0.25) is 0 Å². The second-order valence-electron chi connectivity index (χ2n) is 6.03. The van der Waals surface area contributed by atoms with Crippen LogP contribution < -0.4 is 0 Å². The summed E-state index contributed by atoms with van der Waals surface area (Å²) in [6.07, 6.45) is 7.40. The first kappa shape index (κ1) is 25.4. The van der Waals surface area contributed by atoms with Gasteiger partial charge in [-0.05, 0) is 5.92 Å². The highest BCUT2D eigenvalue weighted by Crippen LogP contribution is 2.29. The van der Waals surface area contributed by atoms with Crippen molar-refractivity contribution in [2.45, 2.75) is 93.9 Å². The lowest BCUT2D eigenvalue weighted by Gasteiger charge is -2.35. The smallest absolute Gasteiger partial charge is 0.0629 e. The zero-order valence-electron chi connectivity index (χ0n) is 16.1. The molecule has 0 aromatic rings. The van der Waals surface area contributed by atoms with Gasteiger partial charge in [-0.25, -0.2) is 0 Å². The molecule has 0 radical (unpaired) electrons. The van der Waals surface area contributed by atoms with Crippen molar-refractivity contribution in [1.29, 1.82) is 5.26 Å². The molecule has 0 aromatic carbocycles. The van der Waals surface area contributed by atoms with Gasteiger partial charge in [0.25, 0.3) is 0 Å². The van der Waals surface area contributed by atoms with Gasteiger partial charge in [0.1, 0.15) is 0 Å². The Labute approximate surface area is 135 Å². The van der Waals surface area contributed by atoms with E-state index in [2.05, 4.69) is 47.6 Å². The van der Waals surface area contributed by atoms with Gasteiger partial charge in [0.05, 0.1) is 19.3 Å². The standard InChI is InChI=1S/C8H18.C6H9NO.C3H8.C2H6/c1-4-6-8(3)7-5-2;1-6(2-3-7)4-8-5-6;1-3-2;1-2/h8H,4-7H2,1-3H3;2,4-5H2,1H3;3H2,1-2H3;1-2H3. The van der Waals surface area contributed by atoms with Crippen molar-refractivity contribution in [3.05, 3.63) is 0 Å². The first-order valence-corrected chi connectivity index (χ1v) is 8.94. The second-order valence-corrected chi connectivity index (χ2v) is 6.03. The molecule has 128 valence electrons. The van der Waals surface area contributed by atoms with Gasteiger partial charge in [-0.2, -0.15) is 5.26 Å². The first-order valence-electron chi connectivity index (χ1n) is 8.94. The first-order chi connectivity index (χ1) is 9.99. The van der Waals surface area contributed by atoms with Gasteiger partial charge in [-0.15, -0.1) is 0 Å². The fraction of sp³-hybridized carbons (Fsp3) is 0.947. The lowest BCUT2D eigenvalue weighted by molar-refractivity contribution is -0.0979. The van der Waals surface area contributed by atoms with E-state index in [9.17, 15) is 0 Å². The molecule has 0 saturated carbocycles. The molecule has 1 heterocycles. The second kappa shape index (κ2) is 19.4. The van der Waals surface area contributed by atoms with Crippen molar-refractivity contribution in [2.75, 3.05) is 13.2 Å². The van der Waals surface area contributed by atoms with Crippen molar-refractivity contribution in [3.63, 3.8) is 0 Å². The molecule has 1 fully saturated rings. The number of hydrogen-bond donors (Lipinski definition) is 0. The van der Waals surface area contributed by atoms with Crippen LogP contribution in [0.4, 0.5) is 0 Å². The third-order valence-corrected chi connectivity index (χ3v) is 2.97. The Morgan fingerprint density at radius 3 is 1.57 bits per heavy atom. The monoisotopic (exact) mass is 299 g/mol. The molecule has 0 aromatic heterocycles. The van der Waals surface area contributed by atoms with Crippen LogP contribution in [0.2, 0.25) is 0 Å². The number of nitrogens with zero attached hydrogens (tertiary/aromatic N) is 1. The Bertz CT molecular complexity index is 210. The van der Waals surface area contributed by atoms with Crippen LogP contribution in [0.3, 0.4) is 0 Å². The molecule has 0 aliphatic carbocycles. The zero-order valence-corrected chi connectivity index (χ0v) is 16.1. The van der Waals surface area contributed by atoms with Gasteiger partial charge in [-0.1, -0.05) is 87.5 Å². The van der Waals surface area contributed by atoms with E-state index in [0.29, 0.717) is 6.42 Å². The van der Waals surface area contributed by atoms with E-state index in [4.69, 9.17) is 10.00 Å². The maximum Gasteiger partial charge on any atom is 0.0629 e. The van der Waals surface area contributed by atoms with E-state index >= 15 is 0 Å². The molecule has 0 spiro atoms. The highest BCUT2D eigenvalue weighted by atomic mass is 16.5. The van der Waals surface area contributed by atoms with Gasteiger partial charge in [0.2, 0.25) is 0 Å². The van der Waals surface area contributed by atoms with Crippen molar-refractivity contribution in [3.8, 4) is 6.07 Å². The minimum absolute atomic E-state index is 0.189. The van der Waals surface area contributed by atoms with E-state index < -0.39 is 0 Å². The lowest BCUT2D eigenvalue weighted by Crippen LogP contribution is -2.39. The molecule has 0 unspecified atom stereocenters. The largest absolute Gasteiger partial charge is 0.380 e. The lowest BCUT2D eigenvalue weighted by atomic mass is 9.86. The SMILES string of the molecule is CC.CC1(CC#N)COC1.CCC.CCCC(C)CCC.